The molecule has 19 heavy (non-hydrogen) atoms. The highest BCUT2D eigenvalue weighted by atomic mass is 16.5. The Morgan fingerprint density at radius 3 is 2.53 bits per heavy atom. The molecule has 3 rings (SSSR count). The maximum absolute atomic E-state index is 5.86. The summed E-state index contributed by atoms with van der Waals surface area (Å²) in [6.45, 7) is 2.00. The molecule has 0 bridgehead atoms. The minimum Gasteiger partial charge on any atom is -0.497 e. The van der Waals surface area contributed by atoms with Gasteiger partial charge < -0.3 is 10.5 Å². The Bertz CT molecular complexity index is 729. The first-order valence-corrected chi connectivity index (χ1v) is 6.07. The number of anilines is 1. The molecule has 2 aromatic heterocycles. The van der Waals surface area contributed by atoms with Crippen molar-refractivity contribution in [2.24, 2.45) is 0 Å². The highest BCUT2D eigenvalue weighted by molar-refractivity contribution is 5.67. The number of aryl methyl sites for hydroxylation is 1. The first kappa shape index (κ1) is 11.6. The number of methoxy groups -OCH3 is 1. The van der Waals surface area contributed by atoms with E-state index in [1.807, 2.05) is 53.9 Å². The fourth-order valence-corrected chi connectivity index (χ4v) is 2.20. The molecule has 0 aliphatic heterocycles. The van der Waals surface area contributed by atoms with Gasteiger partial charge in [0.05, 0.1) is 18.3 Å². The summed E-state index contributed by atoms with van der Waals surface area (Å²) in [5, 5.41) is 0. The second kappa shape index (κ2) is 4.31. The molecule has 0 fully saturated rings. The summed E-state index contributed by atoms with van der Waals surface area (Å²) in [6.07, 6.45) is 1.90. The lowest BCUT2D eigenvalue weighted by Crippen LogP contribution is -1.93. The number of hydrogen-bond donors (Lipinski definition) is 1. The number of aromatic nitrogens is 2. The van der Waals surface area contributed by atoms with Crippen LogP contribution in [0.5, 0.6) is 5.75 Å². The highest BCUT2D eigenvalue weighted by Gasteiger charge is 2.10. The van der Waals surface area contributed by atoms with E-state index in [9.17, 15) is 0 Å². The largest absolute Gasteiger partial charge is 0.497 e. The number of fused-ring (bicyclic) bond motifs is 1. The molecule has 0 radical (unpaired) electrons. The number of benzene rings is 1. The fourth-order valence-electron chi connectivity index (χ4n) is 2.20. The van der Waals surface area contributed by atoms with E-state index in [1.54, 1.807) is 7.11 Å². The second-order valence-electron chi connectivity index (χ2n) is 4.47. The van der Waals surface area contributed by atoms with E-state index in [1.165, 1.54) is 0 Å². The van der Waals surface area contributed by atoms with E-state index >= 15 is 0 Å². The molecule has 1 aromatic carbocycles. The summed E-state index contributed by atoms with van der Waals surface area (Å²) in [5.41, 5.74) is 9.68. The zero-order chi connectivity index (χ0) is 13.4. The predicted octanol–water partition coefficient (Wildman–Crippen LogP) is 2.90. The van der Waals surface area contributed by atoms with Gasteiger partial charge in [0.1, 0.15) is 11.6 Å². The van der Waals surface area contributed by atoms with Gasteiger partial charge in [0.2, 0.25) is 0 Å². The van der Waals surface area contributed by atoms with E-state index in [0.717, 1.165) is 34.0 Å². The molecule has 0 saturated heterocycles. The smallest absolute Gasteiger partial charge is 0.144 e. The number of nitrogens with two attached hydrogens (primary N) is 1. The molecule has 0 amide bonds. The van der Waals surface area contributed by atoms with Crippen LogP contribution in [0, 0.1) is 6.92 Å². The fraction of sp³-hybridized carbons (Fsp3) is 0.133. The number of rotatable bonds is 2. The van der Waals surface area contributed by atoms with Crippen molar-refractivity contribution in [1.29, 1.82) is 0 Å². The van der Waals surface area contributed by atoms with Gasteiger partial charge in [-0.05, 0) is 43.3 Å². The van der Waals surface area contributed by atoms with Crippen LogP contribution >= 0.6 is 0 Å². The normalized spacial score (nSPS) is 10.8. The van der Waals surface area contributed by atoms with Gasteiger partial charge in [0.15, 0.2) is 0 Å². The van der Waals surface area contributed by atoms with Crippen LogP contribution in [-0.4, -0.2) is 16.5 Å². The Hall–Kier alpha value is -2.49. The summed E-state index contributed by atoms with van der Waals surface area (Å²) in [5.74, 6) is 1.73. The molecule has 4 heteroatoms. The standard InChI is InChI=1S/C15H15N3O/c1-10-14-8-5-12(16)9-18(14)15(17-10)11-3-6-13(19-2)7-4-11/h3-9H,16H2,1-2H3. The van der Waals surface area contributed by atoms with Crippen molar-refractivity contribution in [2.75, 3.05) is 12.8 Å². The molecule has 0 aliphatic rings. The van der Waals surface area contributed by atoms with Crippen LogP contribution in [0.3, 0.4) is 0 Å². The highest BCUT2D eigenvalue weighted by Crippen LogP contribution is 2.25. The monoisotopic (exact) mass is 253 g/mol. The molecule has 0 spiro atoms. The van der Waals surface area contributed by atoms with Crippen molar-refractivity contribution >= 4 is 11.2 Å². The van der Waals surface area contributed by atoms with E-state index in [4.69, 9.17) is 10.5 Å². The molecule has 0 unspecified atom stereocenters. The summed E-state index contributed by atoms with van der Waals surface area (Å²) in [4.78, 5) is 4.62. The van der Waals surface area contributed by atoms with Crippen molar-refractivity contribution < 1.29 is 4.74 Å². The molecule has 96 valence electrons. The van der Waals surface area contributed by atoms with Crippen LogP contribution in [0.2, 0.25) is 0 Å². The molecule has 0 aliphatic carbocycles. The lowest BCUT2D eigenvalue weighted by molar-refractivity contribution is 0.415. The minimum atomic E-state index is 0.722. The van der Waals surface area contributed by atoms with E-state index in [0.29, 0.717) is 0 Å². The predicted molar refractivity (Wildman–Crippen MR) is 76.3 cm³/mol. The third-order valence-corrected chi connectivity index (χ3v) is 3.19. The van der Waals surface area contributed by atoms with Crippen LogP contribution in [-0.2, 0) is 0 Å². The second-order valence-corrected chi connectivity index (χ2v) is 4.47. The molecular weight excluding hydrogens is 238 g/mol. The van der Waals surface area contributed by atoms with Crippen LogP contribution in [0.4, 0.5) is 5.69 Å². The lowest BCUT2D eigenvalue weighted by atomic mass is 10.2. The Labute approximate surface area is 111 Å². The molecular formula is C15H15N3O. The molecule has 0 saturated carbocycles. The number of nitrogen functional groups attached to an aromatic ring is 1. The zero-order valence-corrected chi connectivity index (χ0v) is 10.9. The maximum atomic E-state index is 5.86. The van der Waals surface area contributed by atoms with Gasteiger partial charge in [0.25, 0.3) is 0 Å². The summed E-state index contributed by atoms with van der Waals surface area (Å²) in [6, 6.07) is 11.7. The molecule has 3 aromatic rings. The lowest BCUT2D eigenvalue weighted by Gasteiger charge is -2.04. The Kier molecular flexibility index (Phi) is 2.63. The number of ether oxygens (including phenoxy) is 1. The van der Waals surface area contributed by atoms with Gasteiger partial charge in [-0.15, -0.1) is 0 Å². The summed E-state index contributed by atoms with van der Waals surface area (Å²) >= 11 is 0. The Morgan fingerprint density at radius 2 is 1.84 bits per heavy atom. The number of imidazole rings is 1. The van der Waals surface area contributed by atoms with E-state index in [2.05, 4.69) is 4.98 Å². The Balaban J connectivity index is 2.20. The molecule has 2 heterocycles. The minimum absolute atomic E-state index is 0.722. The van der Waals surface area contributed by atoms with Gasteiger partial charge >= 0.3 is 0 Å². The van der Waals surface area contributed by atoms with Crippen LogP contribution in [0.15, 0.2) is 42.6 Å². The topological polar surface area (TPSA) is 52.5 Å². The van der Waals surface area contributed by atoms with Gasteiger partial charge in [-0.1, -0.05) is 0 Å². The number of pyridine rings is 1. The number of nitrogens with zero attached hydrogens (tertiary/aromatic N) is 2. The number of hydrogen-bond acceptors (Lipinski definition) is 3. The molecule has 4 nitrogen and oxygen atoms in total. The van der Waals surface area contributed by atoms with Gasteiger partial charge in [-0.2, -0.15) is 0 Å². The molecule has 0 atom stereocenters. The van der Waals surface area contributed by atoms with Crippen molar-refractivity contribution in [3.8, 4) is 17.1 Å². The SMILES string of the molecule is COc1ccc(-c2nc(C)c3ccc(N)cn23)cc1. The van der Waals surface area contributed by atoms with Gasteiger partial charge in [-0.3, -0.25) is 4.40 Å². The Morgan fingerprint density at radius 1 is 1.11 bits per heavy atom. The van der Waals surface area contributed by atoms with Gasteiger partial charge in [0, 0.05) is 17.4 Å². The van der Waals surface area contributed by atoms with E-state index < -0.39 is 0 Å². The quantitative estimate of drug-likeness (QED) is 0.764. The maximum Gasteiger partial charge on any atom is 0.144 e. The van der Waals surface area contributed by atoms with Crippen molar-refractivity contribution in [1.82, 2.24) is 9.38 Å². The van der Waals surface area contributed by atoms with Crippen LogP contribution in [0.25, 0.3) is 16.9 Å². The summed E-state index contributed by atoms with van der Waals surface area (Å²) < 4.78 is 7.19. The average molecular weight is 253 g/mol. The average Bonchev–Trinajstić information content (AvgIpc) is 2.75. The third kappa shape index (κ3) is 1.91. The van der Waals surface area contributed by atoms with Crippen molar-refractivity contribution in [3.63, 3.8) is 0 Å². The zero-order valence-electron chi connectivity index (χ0n) is 10.9. The van der Waals surface area contributed by atoms with Crippen LogP contribution in [0.1, 0.15) is 5.69 Å². The molecule has 2 N–H and O–H groups in total. The first-order valence-electron chi connectivity index (χ1n) is 6.07. The van der Waals surface area contributed by atoms with Crippen molar-refractivity contribution in [2.45, 2.75) is 6.92 Å². The van der Waals surface area contributed by atoms with Crippen LogP contribution < -0.4 is 10.5 Å². The van der Waals surface area contributed by atoms with E-state index in [-0.39, 0.29) is 0 Å². The first-order chi connectivity index (χ1) is 9.19. The summed E-state index contributed by atoms with van der Waals surface area (Å²) in [7, 11) is 1.66. The van der Waals surface area contributed by atoms with Gasteiger partial charge in [-0.25, -0.2) is 4.98 Å². The van der Waals surface area contributed by atoms with Crippen molar-refractivity contribution in [3.05, 3.63) is 48.3 Å². The third-order valence-electron chi connectivity index (χ3n) is 3.19.